The lowest BCUT2D eigenvalue weighted by Crippen LogP contribution is -2.15. The first kappa shape index (κ1) is 18.6. The number of aromatic nitrogens is 2. The molecule has 0 aliphatic carbocycles. The number of aryl methyl sites for hydroxylation is 2. The number of benzene rings is 2. The zero-order chi connectivity index (χ0) is 19.2. The quantitative estimate of drug-likeness (QED) is 0.683. The van der Waals surface area contributed by atoms with Crippen molar-refractivity contribution in [1.82, 2.24) is 10.3 Å². The fraction of sp³-hybridized carbons (Fsp3) is 0.286. The van der Waals surface area contributed by atoms with Crippen molar-refractivity contribution in [2.45, 2.75) is 33.1 Å². The third-order valence-corrected chi connectivity index (χ3v) is 4.49. The van der Waals surface area contributed by atoms with Gasteiger partial charge in [0.25, 0.3) is 0 Å². The first-order chi connectivity index (χ1) is 13.1. The summed E-state index contributed by atoms with van der Waals surface area (Å²) >= 11 is 0. The molecule has 6 heteroatoms. The van der Waals surface area contributed by atoms with E-state index in [9.17, 15) is 4.79 Å². The van der Waals surface area contributed by atoms with Gasteiger partial charge in [0.1, 0.15) is 5.75 Å². The molecule has 0 aliphatic heterocycles. The lowest BCUT2D eigenvalue weighted by Gasteiger charge is -2.09. The average Bonchev–Trinajstić information content (AvgIpc) is 3.15. The van der Waals surface area contributed by atoms with Crippen molar-refractivity contribution in [2.24, 2.45) is 0 Å². The minimum atomic E-state index is -0.179. The molecule has 27 heavy (non-hydrogen) atoms. The predicted molar refractivity (Wildman–Crippen MR) is 104 cm³/mol. The largest absolute Gasteiger partial charge is 0.497 e. The van der Waals surface area contributed by atoms with Gasteiger partial charge in [0.2, 0.25) is 11.7 Å². The van der Waals surface area contributed by atoms with Crippen LogP contribution in [0, 0.1) is 0 Å². The highest BCUT2D eigenvalue weighted by Crippen LogP contribution is 2.29. The molecule has 0 radical (unpaired) electrons. The number of hydrogen-bond acceptors (Lipinski definition) is 5. The molecule has 1 amide bonds. The number of nitrogens with zero attached hydrogens (tertiary/aromatic N) is 2. The minimum absolute atomic E-state index is 0.179. The lowest BCUT2D eigenvalue weighted by atomic mass is 9.98. The Morgan fingerprint density at radius 3 is 2.44 bits per heavy atom. The molecule has 0 unspecified atom stereocenters. The maximum absolute atomic E-state index is 12.4. The summed E-state index contributed by atoms with van der Waals surface area (Å²) in [6, 6.07) is 13.7. The van der Waals surface area contributed by atoms with Crippen LogP contribution >= 0.6 is 0 Å². The van der Waals surface area contributed by atoms with E-state index in [1.807, 2.05) is 24.3 Å². The molecule has 1 heterocycles. The number of hydrogen-bond donors (Lipinski definition) is 1. The van der Waals surface area contributed by atoms with Gasteiger partial charge in [0.15, 0.2) is 5.69 Å². The van der Waals surface area contributed by atoms with E-state index in [1.54, 1.807) is 7.11 Å². The molecule has 1 aromatic heterocycles. The third kappa shape index (κ3) is 4.34. The van der Waals surface area contributed by atoms with Gasteiger partial charge in [0, 0.05) is 5.56 Å². The van der Waals surface area contributed by atoms with Crippen molar-refractivity contribution < 1.29 is 14.2 Å². The molecule has 2 aromatic carbocycles. The maximum Gasteiger partial charge on any atom is 0.230 e. The molecule has 0 atom stereocenters. The molecular formula is C21H23N3O3. The van der Waals surface area contributed by atoms with Crippen LogP contribution in [0.1, 0.15) is 30.5 Å². The fourth-order valence-corrected chi connectivity index (χ4v) is 2.92. The molecule has 6 nitrogen and oxygen atoms in total. The molecule has 0 bridgehead atoms. The molecular weight excluding hydrogens is 342 g/mol. The summed E-state index contributed by atoms with van der Waals surface area (Å²) in [6.45, 7) is 4.18. The normalized spacial score (nSPS) is 10.6. The number of anilines is 1. The molecule has 3 aromatic rings. The van der Waals surface area contributed by atoms with Crippen molar-refractivity contribution in [3.8, 4) is 17.0 Å². The molecule has 0 aliphatic rings. The Morgan fingerprint density at radius 2 is 1.78 bits per heavy atom. The lowest BCUT2D eigenvalue weighted by molar-refractivity contribution is -0.115. The van der Waals surface area contributed by atoms with Crippen molar-refractivity contribution in [2.75, 3.05) is 12.4 Å². The monoisotopic (exact) mass is 365 g/mol. The molecule has 0 saturated carbocycles. The number of ether oxygens (including phenoxy) is 1. The number of methoxy groups -OCH3 is 1. The number of carbonyl (C=O) groups is 1. The third-order valence-electron chi connectivity index (χ3n) is 4.49. The Kier molecular flexibility index (Phi) is 5.86. The van der Waals surface area contributed by atoms with Crippen LogP contribution in [0.5, 0.6) is 5.75 Å². The van der Waals surface area contributed by atoms with Gasteiger partial charge in [-0.1, -0.05) is 38.1 Å². The fourth-order valence-electron chi connectivity index (χ4n) is 2.92. The van der Waals surface area contributed by atoms with Crippen LogP contribution in [0.15, 0.2) is 47.1 Å². The first-order valence-corrected chi connectivity index (χ1v) is 9.02. The smallest absolute Gasteiger partial charge is 0.230 e. The first-order valence-electron chi connectivity index (χ1n) is 9.02. The predicted octanol–water partition coefficient (Wildman–Crippen LogP) is 4.05. The zero-order valence-corrected chi connectivity index (χ0v) is 15.8. The van der Waals surface area contributed by atoms with Crippen LogP contribution in [-0.4, -0.2) is 23.3 Å². The van der Waals surface area contributed by atoms with Crippen LogP contribution < -0.4 is 10.1 Å². The summed E-state index contributed by atoms with van der Waals surface area (Å²) in [7, 11) is 1.61. The summed E-state index contributed by atoms with van der Waals surface area (Å²) in [5, 5.41) is 10.7. The van der Waals surface area contributed by atoms with E-state index < -0.39 is 0 Å². The van der Waals surface area contributed by atoms with E-state index >= 15 is 0 Å². The van der Waals surface area contributed by atoms with E-state index in [1.165, 1.54) is 5.56 Å². The summed E-state index contributed by atoms with van der Waals surface area (Å²) in [5.74, 6) is 0.920. The van der Waals surface area contributed by atoms with Gasteiger partial charge < -0.3 is 10.1 Å². The van der Waals surface area contributed by atoms with Gasteiger partial charge in [-0.15, -0.1) is 0 Å². The number of amides is 1. The van der Waals surface area contributed by atoms with Crippen molar-refractivity contribution in [3.63, 3.8) is 0 Å². The van der Waals surface area contributed by atoms with Crippen molar-refractivity contribution in [3.05, 3.63) is 59.2 Å². The SMILES string of the molecule is CCc1ccc(CC)c(-c2nonc2NC(=O)Cc2ccc(OC)cc2)c1. The maximum atomic E-state index is 12.4. The second-order valence-corrected chi connectivity index (χ2v) is 6.23. The number of carbonyl (C=O) groups excluding carboxylic acids is 1. The van der Waals surface area contributed by atoms with E-state index in [0.29, 0.717) is 11.5 Å². The highest BCUT2D eigenvalue weighted by atomic mass is 16.6. The Bertz CT molecular complexity index is 917. The Labute approximate surface area is 158 Å². The van der Waals surface area contributed by atoms with Gasteiger partial charge >= 0.3 is 0 Å². The van der Waals surface area contributed by atoms with Crippen LogP contribution in [0.2, 0.25) is 0 Å². The van der Waals surface area contributed by atoms with Crippen LogP contribution in [0.4, 0.5) is 5.82 Å². The molecule has 140 valence electrons. The molecule has 1 N–H and O–H groups in total. The molecule has 0 fully saturated rings. The summed E-state index contributed by atoms with van der Waals surface area (Å²) in [4.78, 5) is 12.4. The van der Waals surface area contributed by atoms with Gasteiger partial charge in [-0.05, 0) is 58.0 Å². The average molecular weight is 365 g/mol. The molecule has 0 spiro atoms. The second kappa shape index (κ2) is 8.49. The van der Waals surface area contributed by atoms with Crippen molar-refractivity contribution >= 4 is 11.7 Å². The Morgan fingerprint density at radius 1 is 1.04 bits per heavy atom. The van der Waals surface area contributed by atoms with Gasteiger partial charge in [0.05, 0.1) is 13.5 Å². The number of nitrogens with one attached hydrogen (secondary N) is 1. The number of rotatable bonds is 7. The van der Waals surface area contributed by atoms with Crippen LogP contribution in [0.3, 0.4) is 0 Å². The van der Waals surface area contributed by atoms with E-state index in [2.05, 4.69) is 47.7 Å². The second-order valence-electron chi connectivity index (χ2n) is 6.23. The summed E-state index contributed by atoms with van der Waals surface area (Å²) in [6.07, 6.45) is 2.00. The highest BCUT2D eigenvalue weighted by Gasteiger charge is 2.18. The van der Waals surface area contributed by atoms with Crippen LogP contribution in [-0.2, 0) is 24.1 Å². The summed E-state index contributed by atoms with van der Waals surface area (Å²) < 4.78 is 10.1. The zero-order valence-electron chi connectivity index (χ0n) is 15.8. The van der Waals surface area contributed by atoms with Gasteiger partial charge in [-0.3, -0.25) is 4.79 Å². The van der Waals surface area contributed by atoms with E-state index in [0.717, 1.165) is 35.3 Å². The Balaban J connectivity index is 1.79. The Hall–Kier alpha value is -3.15. The highest BCUT2D eigenvalue weighted by molar-refractivity contribution is 5.94. The van der Waals surface area contributed by atoms with E-state index in [-0.39, 0.29) is 12.3 Å². The van der Waals surface area contributed by atoms with Crippen molar-refractivity contribution in [1.29, 1.82) is 0 Å². The van der Waals surface area contributed by atoms with Gasteiger partial charge in [-0.25, -0.2) is 4.63 Å². The van der Waals surface area contributed by atoms with Crippen LogP contribution in [0.25, 0.3) is 11.3 Å². The molecule has 3 rings (SSSR count). The standard InChI is InChI=1S/C21H23N3O3/c1-4-14-6-9-16(5-2)18(12-14)20-21(24-27-23-20)22-19(25)13-15-7-10-17(26-3)11-8-15/h6-12H,4-5,13H2,1-3H3,(H,22,24,25). The minimum Gasteiger partial charge on any atom is -0.497 e. The summed E-state index contributed by atoms with van der Waals surface area (Å²) in [5.41, 5.74) is 4.71. The topological polar surface area (TPSA) is 77.3 Å². The van der Waals surface area contributed by atoms with E-state index in [4.69, 9.17) is 9.37 Å². The molecule has 0 saturated heterocycles. The van der Waals surface area contributed by atoms with Gasteiger partial charge in [-0.2, -0.15) is 0 Å².